The highest BCUT2D eigenvalue weighted by Crippen LogP contribution is 2.08. The molecule has 0 atom stereocenters. The summed E-state index contributed by atoms with van der Waals surface area (Å²) in [6, 6.07) is 2.08. The molecule has 0 amide bonds. The molecule has 0 unspecified atom stereocenters. The van der Waals surface area contributed by atoms with Crippen molar-refractivity contribution in [1.29, 1.82) is 0 Å². The zero-order valence-corrected chi connectivity index (χ0v) is 9.60. The van der Waals surface area contributed by atoms with E-state index in [0.29, 0.717) is 0 Å². The van der Waals surface area contributed by atoms with Crippen LogP contribution in [0.5, 0.6) is 0 Å². The Morgan fingerprint density at radius 2 is 2.47 bits per heavy atom. The molecule has 2 aromatic rings. The minimum atomic E-state index is 0.924. The molecule has 0 saturated heterocycles. The SMILES string of the molecule is Cc1csc(CCNCc2cc[nH]c2)n1. The summed E-state index contributed by atoms with van der Waals surface area (Å²) < 4.78 is 0. The van der Waals surface area contributed by atoms with Gasteiger partial charge in [-0.3, -0.25) is 0 Å². The molecule has 2 heterocycles. The van der Waals surface area contributed by atoms with E-state index >= 15 is 0 Å². The topological polar surface area (TPSA) is 40.7 Å². The zero-order valence-electron chi connectivity index (χ0n) is 8.79. The van der Waals surface area contributed by atoms with E-state index in [1.54, 1.807) is 11.3 Å². The quantitative estimate of drug-likeness (QED) is 0.759. The predicted molar refractivity (Wildman–Crippen MR) is 63.1 cm³/mol. The third-order valence-corrected chi connectivity index (χ3v) is 3.20. The molecule has 15 heavy (non-hydrogen) atoms. The number of thiazole rings is 1. The van der Waals surface area contributed by atoms with Gasteiger partial charge in [-0.2, -0.15) is 0 Å². The average Bonchev–Trinajstić information content (AvgIpc) is 2.84. The van der Waals surface area contributed by atoms with Gasteiger partial charge < -0.3 is 10.3 Å². The van der Waals surface area contributed by atoms with Gasteiger partial charge in [0.15, 0.2) is 0 Å². The summed E-state index contributed by atoms with van der Waals surface area (Å²) in [5.41, 5.74) is 2.42. The highest BCUT2D eigenvalue weighted by atomic mass is 32.1. The van der Waals surface area contributed by atoms with Crippen LogP contribution in [0.4, 0.5) is 0 Å². The van der Waals surface area contributed by atoms with E-state index in [1.165, 1.54) is 10.6 Å². The van der Waals surface area contributed by atoms with Crippen LogP contribution in [0.2, 0.25) is 0 Å². The summed E-state index contributed by atoms with van der Waals surface area (Å²) in [6.07, 6.45) is 4.98. The van der Waals surface area contributed by atoms with E-state index in [-0.39, 0.29) is 0 Å². The van der Waals surface area contributed by atoms with E-state index < -0.39 is 0 Å². The van der Waals surface area contributed by atoms with Crippen LogP contribution in [-0.4, -0.2) is 16.5 Å². The van der Waals surface area contributed by atoms with Gasteiger partial charge >= 0.3 is 0 Å². The summed E-state index contributed by atoms with van der Waals surface area (Å²) in [4.78, 5) is 7.46. The zero-order chi connectivity index (χ0) is 10.5. The van der Waals surface area contributed by atoms with Crippen molar-refractivity contribution < 1.29 is 0 Å². The number of nitrogens with zero attached hydrogens (tertiary/aromatic N) is 1. The van der Waals surface area contributed by atoms with E-state index in [4.69, 9.17) is 0 Å². The molecule has 4 heteroatoms. The largest absolute Gasteiger partial charge is 0.367 e. The fourth-order valence-electron chi connectivity index (χ4n) is 1.41. The molecule has 0 spiro atoms. The van der Waals surface area contributed by atoms with Crippen LogP contribution in [0.15, 0.2) is 23.8 Å². The first-order valence-electron chi connectivity index (χ1n) is 5.08. The van der Waals surface area contributed by atoms with Gasteiger partial charge in [-0.15, -0.1) is 11.3 Å². The first-order valence-corrected chi connectivity index (χ1v) is 5.96. The second-order valence-corrected chi connectivity index (χ2v) is 4.47. The Kier molecular flexibility index (Phi) is 3.53. The van der Waals surface area contributed by atoms with Crippen LogP contribution in [0.3, 0.4) is 0 Å². The minimum Gasteiger partial charge on any atom is -0.367 e. The van der Waals surface area contributed by atoms with E-state index in [9.17, 15) is 0 Å². The van der Waals surface area contributed by atoms with Gasteiger partial charge in [0, 0.05) is 43.0 Å². The number of hydrogen-bond acceptors (Lipinski definition) is 3. The van der Waals surface area contributed by atoms with Crippen LogP contribution in [0.25, 0.3) is 0 Å². The Bertz CT molecular complexity index is 392. The highest BCUT2D eigenvalue weighted by molar-refractivity contribution is 7.09. The van der Waals surface area contributed by atoms with Gasteiger partial charge in [0.25, 0.3) is 0 Å². The molecule has 80 valence electrons. The normalized spacial score (nSPS) is 10.7. The number of rotatable bonds is 5. The monoisotopic (exact) mass is 221 g/mol. The molecular weight excluding hydrogens is 206 g/mol. The summed E-state index contributed by atoms with van der Waals surface area (Å²) in [5, 5.41) is 6.71. The molecule has 2 rings (SSSR count). The predicted octanol–water partition coefficient (Wildman–Crippen LogP) is 2.11. The summed E-state index contributed by atoms with van der Waals surface area (Å²) in [6.45, 7) is 3.94. The molecule has 0 fully saturated rings. The number of aromatic amines is 1. The molecule has 0 aliphatic carbocycles. The van der Waals surface area contributed by atoms with Crippen molar-refractivity contribution >= 4 is 11.3 Å². The van der Waals surface area contributed by atoms with Crippen LogP contribution < -0.4 is 5.32 Å². The second kappa shape index (κ2) is 5.09. The molecule has 2 N–H and O–H groups in total. The molecule has 2 aromatic heterocycles. The highest BCUT2D eigenvalue weighted by Gasteiger charge is 1.98. The molecular formula is C11H15N3S. The Hall–Kier alpha value is -1.13. The van der Waals surface area contributed by atoms with Crippen molar-refractivity contribution in [1.82, 2.24) is 15.3 Å². The third kappa shape index (κ3) is 3.18. The fourth-order valence-corrected chi connectivity index (χ4v) is 2.19. The fraction of sp³-hybridized carbons (Fsp3) is 0.364. The van der Waals surface area contributed by atoms with Gasteiger partial charge in [0.05, 0.1) is 5.01 Å². The van der Waals surface area contributed by atoms with Crippen LogP contribution in [0.1, 0.15) is 16.3 Å². The number of hydrogen-bond donors (Lipinski definition) is 2. The number of nitrogens with one attached hydrogen (secondary N) is 2. The van der Waals surface area contributed by atoms with Crippen LogP contribution in [-0.2, 0) is 13.0 Å². The van der Waals surface area contributed by atoms with E-state index in [0.717, 1.165) is 25.2 Å². The smallest absolute Gasteiger partial charge is 0.0940 e. The van der Waals surface area contributed by atoms with Gasteiger partial charge in [0.2, 0.25) is 0 Å². The Balaban J connectivity index is 1.67. The van der Waals surface area contributed by atoms with Gasteiger partial charge in [-0.25, -0.2) is 4.98 Å². The van der Waals surface area contributed by atoms with Crippen LogP contribution >= 0.6 is 11.3 Å². The summed E-state index contributed by atoms with van der Waals surface area (Å²) in [5.74, 6) is 0. The molecule has 0 bridgehead atoms. The number of aromatic nitrogens is 2. The molecule has 3 nitrogen and oxygen atoms in total. The lowest BCUT2D eigenvalue weighted by Crippen LogP contribution is -2.16. The lowest BCUT2D eigenvalue weighted by Gasteiger charge is -2.00. The maximum atomic E-state index is 4.42. The van der Waals surface area contributed by atoms with E-state index in [2.05, 4.69) is 26.7 Å². The second-order valence-electron chi connectivity index (χ2n) is 3.53. The Morgan fingerprint density at radius 3 is 3.13 bits per heavy atom. The van der Waals surface area contributed by atoms with Crippen molar-refractivity contribution in [2.24, 2.45) is 0 Å². The van der Waals surface area contributed by atoms with Gasteiger partial charge in [-0.1, -0.05) is 0 Å². The van der Waals surface area contributed by atoms with Crippen molar-refractivity contribution in [3.8, 4) is 0 Å². The van der Waals surface area contributed by atoms with Crippen molar-refractivity contribution in [2.75, 3.05) is 6.54 Å². The number of aryl methyl sites for hydroxylation is 1. The first kappa shape index (κ1) is 10.4. The van der Waals surface area contributed by atoms with Crippen molar-refractivity contribution in [2.45, 2.75) is 19.9 Å². The number of H-pyrrole nitrogens is 1. The van der Waals surface area contributed by atoms with Gasteiger partial charge in [-0.05, 0) is 18.6 Å². The molecule has 0 aliphatic heterocycles. The Labute approximate surface area is 93.6 Å². The lowest BCUT2D eigenvalue weighted by atomic mass is 10.3. The van der Waals surface area contributed by atoms with Gasteiger partial charge in [0.1, 0.15) is 0 Å². The van der Waals surface area contributed by atoms with Crippen LogP contribution in [0, 0.1) is 6.92 Å². The lowest BCUT2D eigenvalue weighted by molar-refractivity contribution is 0.685. The molecule has 0 aromatic carbocycles. The summed E-state index contributed by atoms with van der Waals surface area (Å²) in [7, 11) is 0. The molecule has 0 aliphatic rings. The summed E-state index contributed by atoms with van der Waals surface area (Å²) >= 11 is 1.74. The Morgan fingerprint density at radius 1 is 1.53 bits per heavy atom. The third-order valence-electron chi connectivity index (χ3n) is 2.17. The maximum Gasteiger partial charge on any atom is 0.0940 e. The van der Waals surface area contributed by atoms with E-state index in [1.807, 2.05) is 19.3 Å². The standard InChI is InChI=1S/C11H15N3S/c1-9-8-15-11(14-9)3-5-13-7-10-2-4-12-6-10/h2,4,6,8,12-13H,3,5,7H2,1H3. The van der Waals surface area contributed by atoms with Crippen molar-refractivity contribution in [3.05, 3.63) is 40.1 Å². The minimum absolute atomic E-state index is 0.924. The molecule has 0 radical (unpaired) electrons. The molecule has 0 saturated carbocycles. The average molecular weight is 221 g/mol. The van der Waals surface area contributed by atoms with Crippen molar-refractivity contribution in [3.63, 3.8) is 0 Å². The first-order chi connectivity index (χ1) is 7.34. The maximum absolute atomic E-state index is 4.42.